The third-order valence-corrected chi connectivity index (χ3v) is 6.91. The fraction of sp³-hybridized carbons (Fsp3) is 0. The maximum atomic E-state index is 10.6. The molecule has 63 heavy (non-hydrogen) atoms. The number of carbonyl (C=O) groups is 12. The molecule has 4 rings (SSSR count). The van der Waals surface area contributed by atoms with Gasteiger partial charge in [0, 0.05) is 78.6 Å². The zero-order valence-corrected chi connectivity index (χ0v) is 38.1. The average Bonchev–Trinajstić information content (AvgIpc) is 3.17. The number of aromatic carboxylic acids is 12. The van der Waals surface area contributed by atoms with E-state index >= 15 is 0 Å². The molecule has 0 spiro atoms. The molecule has 24 nitrogen and oxygen atoms in total. The third-order valence-electron chi connectivity index (χ3n) is 6.91. The van der Waals surface area contributed by atoms with Crippen molar-refractivity contribution >= 4 is 71.6 Å². The molecule has 0 aromatic heterocycles. The molecule has 0 aliphatic heterocycles. The van der Waals surface area contributed by atoms with Gasteiger partial charge in [-0.1, -0.05) is 0 Å². The van der Waals surface area contributed by atoms with Gasteiger partial charge in [-0.2, -0.15) is 0 Å². The van der Waals surface area contributed by atoms with Crippen LogP contribution in [0.15, 0.2) is 72.8 Å². The monoisotopic (exact) mass is 1110 g/mol. The summed E-state index contributed by atoms with van der Waals surface area (Å²) in [5, 5.41) is 104. The van der Waals surface area contributed by atoms with Crippen molar-refractivity contribution in [2.45, 2.75) is 0 Å². The van der Waals surface area contributed by atoms with Gasteiger partial charge in [0.15, 0.2) is 0 Å². The van der Waals surface area contributed by atoms with Gasteiger partial charge >= 0.3 is 71.6 Å². The van der Waals surface area contributed by atoms with Gasteiger partial charge in [-0.25, -0.2) is 57.5 Å². The molecule has 0 amide bonds. The van der Waals surface area contributed by atoms with Crippen molar-refractivity contribution in [2.75, 3.05) is 0 Å². The fourth-order valence-corrected chi connectivity index (χ4v) is 4.16. The van der Waals surface area contributed by atoms with Gasteiger partial charge in [0.2, 0.25) is 0 Å². The van der Waals surface area contributed by atoms with Crippen molar-refractivity contribution in [2.24, 2.45) is 0 Å². The van der Waals surface area contributed by atoms with Crippen LogP contribution in [0.5, 0.6) is 0 Å². The molecule has 4 aromatic carbocycles. The predicted molar refractivity (Wildman–Crippen MR) is 189 cm³/mol. The van der Waals surface area contributed by atoms with Crippen LogP contribution >= 0.6 is 0 Å². The van der Waals surface area contributed by atoms with Crippen molar-refractivity contribution in [3.05, 3.63) is 140 Å². The maximum absolute atomic E-state index is 10.6. The van der Waals surface area contributed by atoms with E-state index < -0.39 is 116 Å². The summed E-state index contributed by atoms with van der Waals surface area (Å²) < 4.78 is 0. The van der Waals surface area contributed by atoms with Crippen LogP contribution in [0.3, 0.4) is 0 Å². The number of rotatable bonds is 12. The number of carboxylic acid groups (broad SMARTS) is 12. The molecule has 0 bridgehead atoms. The van der Waals surface area contributed by atoms with Crippen molar-refractivity contribution in [1.29, 1.82) is 0 Å². The number of carboxylic acids is 12. The number of hydrogen-bond donors (Lipinski definition) is 12. The Morgan fingerprint density at radius 2 is 0.333 bits per heavy atom. The summed E-state index contributed by atoms with van der Waals surface area (Å²) in [5.74, 6) is -16.8. The summed E-state index contributed by atoms with van der Waals surface area (Å²) in [4.78, 5) is 127. The van der Waals surface area contributed by atoms with Gasteiger partial charge < -0.3 is 61.3 Å². The minimum absolute atomic E-state index is 0. The Hall–Kier alpha value is -6.83. The predicted octanol–water partition coefficient (Wildman–Crippen LogP) is 3.12. The minimum atomic E-state index is -1.48. The Kier molecular flexibility index (Phi) is 26.1. The second kappa shape index (κ2) is 27.2. The molecule has 4 aromatic rings. The van der Waals surface area contributed by atoms with E-state index in [-0.39, 0.29) is 101 Å². The van der Waals surface area contributed by atoms with Crippen LogP contribution in [0.4, 0.5) is 0 Å². The van der Waals surface area contributed by atoms with E-state index in [0.717, 1.165) is 72.8 Å². The first-order valence-corrected chi connectivity index (χ1v) is 15.1. The van der Waals surface area contributed by atoms with E-state index in [4.69, 9.17) is 61.3 Å². The number of benzene rings is 4. The van der Waals surface area contributed by atoms with Crippen LogP contribution in [-0.2, 0) is 78.6 Å². The van der Waals surface area contributed by atoms with Gasteiger partial charge in [0.05, 0.1) is 66.8 Å². The summed E-state index contributed by atoms with van der Waals surface area (Å²) in [6, 6.07) is 11.2. The smallest absolute Gasteiger partial charge is 0.336 e. The van der Waals surface area contributed by atoms with E-state index in [9.17, 15) is 57.5 Å². The summed E-state index contributed by atoms with van der Waals surface area (Å²) >= 11 is 0. The molecule has 0 fully saturated rings. The molecule has 0 atom stereocenters. The van der Waals surface area contributed by atoms with Crippen LogP contribution < -0.4 is 0 Å². The molecule has 27 heteroatoms. The maximum Gasteiger partial charge on any atom is 0.336 e. The summed E-state index contributed by atoms with van der Waals surface area (Å²) in [6.45, 7) is 0. The van der Waals surface area contributed by atoms with Crippen LogP contribution in [0, 0.1) is 0 Å². The van der Waals surface area contributed by atoms with Crippen molar-refractivity contribution in [1.82, 2.24) is 0 Å². The Balaban J connectivity index is -0.000000750. The van der Waals surface area contributed by atoms with Crippen LogP contribution in [0.2, 0.25) is 0 Å². The SMILES string of the molecule is O=C(O)c1ccc(C(=O)O)c(C(=O)O)c1.O=C(O)c1ccc(C(=O)O)c(C(=O)O)c1.O=C(O)c1ccc(C(=O)O)c(C(=O)O)c1.O=C(O)c1ccc(C(=O)O)c(C(=O)O)c1.[Zr].[Zr].[Zr]. The molecule has 0 saturated carbocycles. The normalized spacial score (nSPS) is 9.14. The molecule has 0 unspecified atom stereocenters. The second-order valence-corrected chi connectivity index (χ2v) is 10.7. The largest absolute Gasteiger partial charge is 0.478 e. The minimum Gasteiger partial charge on any atom is -0.478 e. The molecule has 0 radical (unpaired) electrons. The molecule has 0 aliphatic carbocycles. The Labute approximate surface area is 405 Å². The molecular weight excluding hydrogens is 1090 g/mol. The molecule has 324 valence electrons. The summed E-state index contributed by atoms with van der Waals surface area (Å²) in [6.07, 6.45) is 0. The standard InChI is InChI=1S/4C9H6O6.3Zr/c4*10-7(11)4-1-2-5(8(12)13)6(3-4)9(14)15;;;/h4*1-3H,(H,10,11)(H,12,13)(H,14,15);;;. The quantitative estimate of drug-likeness (QED) is 0.0969. The second-order valence-electron chi connectivity index (χ2n) is 10.7. The van der Waals surface area contributed by atoms with Gasteiger partial charge in [0.25, 0.3) is 0 Å². The first-order chi connectivity index (χ1) is 27.7. The van der Waals surface area contributed by atoms with Gasteiger partial charge in [-0.3, -0.25) is 0 Å². The molecule has 0 heterocycles. The zero-order chi connectivity index (χ0) is 46.3. The van der Waals surface area contributed by atoms with Crippen LogP contribution in [-0.4, -0.2) is 133 Å². The molecule has 0 aliphatic rings. The Morgan fingerprint density at radius 1 is 0.206 bits per heavy atom. The fourth-order valence-electron chi connectivity index (χ4n) is 4.16. The van der Waals surface area contributed by atoms with Gasteiger partial charge in [0.1, 0.15) is 0 Å². The first kappa shape index (κ1) is 60.5. The van der Waals surface area contributed by atoms with Gasteiger partial charge in [-0.05, 0) is 72.8 Å². The van der Waals surface area contributed by atoms with E-state index in [1.54, 1.807) is 0 Å². The topological polar surface area (TPSA) is 448 Å². The molecule has 12 N–H and O–H groups in total. The first-order valence-electron chi connectivity index (χ1n) is 15.1. The average molecular weight is 1110 g/mol. The Morgan fingerprint density at radius 3 is 0.429 bits per heavy atom. The van der Waals surface area contributed by atoms with Crippen molar-refractivity contribution in [3.63, 3.8) is 0 Å². The summed E-state index contributed by atoms with van der Waals surface area (Å²) in [7, 11) is 0. The van der Waals surface area contributed by atoms with E-state index in [2.05, 4.69) is 0 Å². The van der Waals surface area contributed by atoms with Gasteiger partial charge in [-0.15, -0.1) is 0 Å². The van der Waals surface area contributed by atoms with Crippen LogP contribution in [0.1, 0.15) is 124 Å². The number of hydrogen-bond acceptors (Lipinski definition) is 12. The van der Waals surface area contributed by atoms with Crippen molar-refractivity contribution in [3.8, 4) is 0 Å². The van der Waals surface area contributed by atoms with Crippen LogP contribution in [0.25, 0.3) is 0 Å². The third kappa shape index (κ3) is 18.0. The molecular formula is C36H24O24Zr3. The van der Waals surface area contributed by atoms with Crippen molar-refractivity contribution < 1.29 is 197 Å². The van der Waals surface area contributed by atoms with E-state index in [0.29, 0.717) is 0 Å². The Bertz CT molecular complexity index is 2150. The summed E-state index contributed by atoms with van der Waals surface area (Å²) in [5.41, 5.74) is -4.97. The van der Waals surface area contributed by atoms with E-state index in [1.807, 2.05) is 0 Å². The molecule has 0 saturated heterocycles. The van der Waals surface area contributed by atoms with E-state index in [1.165, 1.54) is 0 Å². The zero-order valence-electron chi connectivity index (χ0n) is 30.7.